The molecule has 3 aliphatic rings. The molecule has 1 aromatic carbocycles. The van der Waals surface area contributed by atoms with E-state index in [1.807, 2.05) is 24.3 Å². The fourth-order valence-corrected chi connectivity index (χ4v) is 6.96. The van der Waals surface area contributed by atoms with E-state index in [4.69, 9.17) is 9.47 Å². The van der Waals surface area contributed by atoms with Crippen LogP contribution >= 0.6 is 0 Å². The van der Waals surface area contributed by atoms with Gasteiger partial charge in [-0.25, -0.2) is 4.79 Å². The second-order valence-corrected chi connectivity index (χ2v) is 12.6. The number of piperidine rings is 1. The lowest BCUT2D eigenvalue weighted by molar-refractivity contribution is -0.189. The second kappa shape index (κ2) is 14.0. The minimum atomic E-state index is -5.22. The number of esters is 1. The van der Waals surface area contributed by atoms with Crippen molar-refractivity contribution in [1.82, 2.24) is 19.4 Å². The largest absolute Gasteiger partial charge is 0.491 e. The van der Waals surface area contributed by atoms with Crippen LogP contribution in [0, 0.1) is 12.8 Å². The number of rotatable bonds is 9. The molecule has 0 radical (unpaired) electrons. The number of anilines is 3. The Morgan fingerprint density at radius 2 is 1.72 bits per heavy atom. The summed E-state index contributed by atoms with van der Waals surface area (Å²) in [5, 5.41) is 3.16. The summed E-state index contributed by atoms with van der Waals surface area (Å²) in [5.41, 5.74) is 1.86. The van der Waals surface area contributed by atoms with E-state index < -0.39 is 18.0 Å². The number of hydrogen-bond donors (Lipinski definition) is 1. The third kappa shape index (κ3) is 7.46. The van der Waals surface area contributed by atoms with Gasteiger partial charge in [0.1, 0.15) is 0 Å². The zero-order chi connectivity index (χ0) is 32.3. The van der Waals surface area contributed by atoms with Crippen molar-refractivity contribution in [3.8, 4) is 5.88 Å². The molecule has 0 amide bonds. The van der Waals surface area contributed by atoms with Gasteiger partial charge < -0.3 is 19.7 Å². The number of morpholine rings is 1. The van der Waals surface area contributed by atoms with Crippen molar-refractivity contribution in [3.05, 3.63) is 46.2 Å². The topological polar surface area (TPSA) is 102 Å². The highest BCUT2D eigenvalue weighted by atomic mass is 19.4. The van der Waals surface area contributed by atoms with Gasteiger partial charge in [-0.1, -0.05) is 12.8 Å². The van der Waals surface area contributed by atoms with Crippen LogP contribution in [-0.4, -0.2) is 77.5 Å². The fourth-order valence-electron chi connectivity index (χ4n) is 6.96. The quantitative estimate of drug-likeness (QED) is 0.292. The number of alkyl halides is 3. The van der Waals surface area contributed by atoms with Crippen LogP contribution in [0.1, 0.15) is 63.0 Å². The Hall–Kier alpha value is -3.71. The highest BCUT2D eigenvalue weighted by molar-refractivity contribution is 5.89. The van der Waals surface area contributed by atoms with E-state index in [0.717, 1.165) is 96.1 Å². The van der Waals surface area contributed by atoms with Crippen molar-refractivity contribution >= 4 is 34.3 Å². The van der Waals surface area contributed by atoms with Crippen LogP contribution in [0.25, 0.3) is 11.0 Å². The molecule has 2 aromatic heterocycles. The number of hydrogen-bond acceptors (Lipinski definition) is 9. The minimum absolute atomic E-state index is 0.0696. The van der Waals surface area contributed by atoms with Gasteiger partial charge in [-0.15, -0.1) is 0 Å². The van der Waals surface area contributed by atoms with E-state index in [1.54, 1.807) is 6.92 Å². The summed E-state index contributed by atoms with van der Waals surface area (Å²) in [6.45, 7) is 8.41. The van der Waals surface area contributed by atoms with Crippen molar-refractivity contribution in [3.63, 3.8) is 0 Å². The number of benzene rings is 1. The maximum Gasteiger partial charge on any atom is 0.491 e. The van der Waals surface area contributed by atoms with E-state index in [2.05, 4.69) is 25.1 Å². The predicted octanol–water partition coefficient (Wildman–Crippen LogP) is 5.76. The summed E-state index contributed by atoms with van der Waals surface area (Å²) in [7, 11) is 0. The molecule has 2 aliphatic heterocycles. The molecule has 10 nitrogen and oxygen atoms in total. The van der Waals surface area contributed by atoms with E-state index in [-0.39, 0.29) is 28.6 Å². The molecule has 248 valence electrons. The number of fused-ring (bicyclic) bond motifs is 1. The summed E-state index contributed by atoms with van der Waals surface area (Å²) in [5.74, 6) is -2.26. The van der Waals surface area contributed by atoms with E-state index in [1.165, 1.54) is 23.5 Å². The van der Waals surface area contributed by atoms with Crippen LogP contribution in [0.15, 0.2) is 35.1 Å². The van der Waals surface area contributed by atoms with Crippen LogP contribution in [0.4, 0.5) is 30.5 Å². The molecule has 13 heteroatoms. The van der Waals surface area contributed by atoms with Crippen molar-refractivity contribution in [2.24, 2.45) is 5.92 Å². The molecule has 1 N–H and O–H groups in total. The monoisotopic (exact) mass is 642 g/mol. The van der Waals surface area contributed by atoms with Gasteiger partial charge in [-0.05, 0) is 87.7 Å². The maximum absolute atomic E-state index is 13.2. The van der Waals surface area contributed by atoms with Crippen LogP contribution in [-0.2, 0) is 9.53 Å². The Morgan fingerprint density at radius 1 is 1.02 bits per heavy atom. The molecule has 46 heavy (non-hydrogen) atoms. The average molecular weight is 643 g/mol. The van der Waals surface area contributed by atoms with Crippen LogP contribution in [0.3, 0.4) is 0 Å². The first-order valence-corrected chi connectivity index (χ1v) is 16.3. The summed E-state index contributed by atoms with van der Waals surface area (Å²) in [6.07, 6.45) is 2.89. The smallest absolute Gasteiger partial charge is 0.400 e. The number of aromatic nitrogens is 3. The fraction of sp³-hybridized carbons (Fsp3) is 0.576. The molecule has 2 saturated heterocycles. The van der Waals surface area contributed by atoms with Crippen molar-refractivity contribution < 1.29 is 27.4 Å². The molecule has 0 spiro atoms. The van der Waals surface area contributed by atoms with Crippen molar-refractivity contribution in [2.75, 3.05) is 56.2 Å². The molecular formula is C33H41F3N6O4. The molecule has 1 saturated carbocycles. The number of halogens is 3. The Bertz CT molecular complexity index is 1580. The first-order chi connectivity index (χ1) is 22.2. The zero-order valence-corrected chi connectivity index (χ0v) is 26.2. The van der Waals surface area contributed by atoms with Gasteiger partial charge in [0.25, 0.3) is 5.56 Å². The molecule has 3 fully saturated rings. The maximum atomic E-state index is 13.2. The summed E-state index contributed by atoms with van der Waals surface area (Å²) < 4.78 is 51.4. The van der Waals surface area contributed by atoms with E-state index in [0.29, 0.717) is 11.3 Å². The number of ether oxygens (including phenoxy) is 2. The predicted molar refractivity (Wildman–Crippen MR) is 169 cm³/mol. The summed E-state index contributed by atoms with van der Waals surface area (Å²) in [6, 6.07) is 8.88. The van der Waals surface area contributed by atoms with Crippen LogP contribution in [0.5, 0.6) is 5.88 Å². The van der Waals surface area contributed by atoms with Gasteiger partial charge in [0.2, 0.25) is 11.8 Å². The number of pyridine rings is 1. The van der Waals surface area contributed by atoms with Crippen molar-refractivity contribution in [1.29, 1.82) is 0 Å². The molecule has 4 heterocycles. The SMILES string of the molecule is Cc1cc(=O)n(C2CCCC2)c2nc(Nc3ccc(N4CCC(CCCN5CCOCC5)CC4)cc3)nc(OC(=O)C(F)(F)F)c12. The number of carbonyl (C=O) groups excluding carboxylic acids is 1. The van der Waals surface area contributed by atoms with E-state index in [9.17, 15) is 22.8 Å². The van der Waals surface area contributed by atoms with Gasteiger partial charge in [-0.3, -0.25) is 14.3 Å². The van der Waals surface area contributed by atoms with Gasteiger partial charge in [0, 0.05) is 49.7 Å². The first-order valence-electron chi connectivity index (χ1n) is 16.3. The van der Waals surface area contributed by atoms with Crippen LogP contribution < -0.4 is 20.5 Å². The number of carbonyl (C=O) groups is 1. The van der Waals surface area contributed by atoms with Crippen molar-refractivity contribution in [2.45, 2.75) is 70.5 Å². The second-order valence-electron chi connectivity index (χ2n) is 12.6. The lowest BCUT2D eigenvalue weighted by Crippen LogP contribution is -2.37. The molecule has 3 aromatic rings. The Labute approximate surface area is 265 Å². The summed E-state index contributed by atoms with van der Waals surface area (Å²) in [4.78, 5) is 38.6. The lowest BCUT2D eigenvalue weighted by atomic mass is 9.92. The number of aryl methyl sites for hydroxylation is 1. The number of nitrogens with zero attached hydrogens (tertiary/aromatic N) is 5. The molecular weight excluding hydrogens is 601 g/mol. The lowest BCUT2D eigenvalue weighted by Gasteiger charge is -2.34. The third-order valence-electron chi connectivity index (χ3n) is 9.46. The van der Waals surface area contributed by atoms with Gasteiger partial charge >= 0.3 is 12.1 Å². The molecule has 1 aliphatic carbocycles. The van der Waals surface area contributed by atoms with Gasteiger partial charge in [-0.2, -0.15) is 23.1 Å². The average Bonchev–Trinajstić information content (AvgIpc) is 3.56. The number of nitrogens with one attached hydrogen (secondary N) is 1. The van der Waals surface area contributed by atoms with E-state index >= 15 is 0 Å². The van der Waals surface area contributed by atoms with Gasteiger partial charge in [0.15, 0.2) is 5.65 Å². The zero-order valence-electron chi connectivity index (χ0n) is 26.2. The molecule has 0 bridgehead atoms. The van der Waals surface area contributed by atoms with Gasteiger partial charge in [0.05, 0.1) is 18.6 Å². The molecule has 6 rings (SSSR count). The molecule has 0 unspecified atom stereocenters. The molecule has 0 atom stereocenters. The van der Waals surface area contributed by atoms with Crippen LogP contribution in [0.2, 0.25) is 0 Å². The first kappa shape index (κ1) is 32.2. The Balaban J connectivity index is 1.16. The standard InChI is InChI=1S/C33H41F3N6O4/c1-22-21-27(43)42(26-6-2-3-7-26)29-28(22)30(46-31(44)33(34,35)36)39-32(38-29)37-24-8-10-25(11-9-24)41-15-12-23(13-16-41)5-4-14-40-17-19-45-20-18-40/h8-11,21,23,26H,2-7,12-20H2,1H3,(H,37,38,39). The Kier molecular flexibility index (Phi) is 9.78. The Morgan fingerprint density at radius 3 is 2.39 bits per heavy atom. The summed E-state index contributed by atoms with van der Waals surface area (Å²) >= 11 is 0. The highest BCUT2D eigenvalue weighted by Crippen LogP contribution is 2.35. The highest BCUT2D eigenvalue weighted by Gasteiger charge is 2.42. The third-order valence-corrected chi connectivity index (χ3v) is 9.46. The normalized spacial score (nSPS) is 18.7. The minimum Gasteiger partial charge on any atom is -0.400 e.